The van der Waals surface area contributed by atoms with Crippen LogP contribution < -0.4 is 5.32 Å². The molecule has 0 spiro atoms. The van der Waals surface area contributed by atoms with Gasteiger partial charge in [-0.2, -0.15) is 0 Å². The normalized spacial score (nSPS) is 12.3. The molecule has 0 unspecified atom stereocenters. The molecule has 0 bridgehead atoms. The van der Waals surface area contributed by atoms with Gasteiger partial charge in [0.1, 0.15) is 0 Å². The summed E-state index contributed by atoms with van der Waals surface area (Å²) in [7, 11) is 0. The SMILES string of the molecule is C[C@H](CCCO)NC(=O)c1ccc2cc(Br)ccc2c1. The molecule has 20 heavy (non-hydrogen) atoms. The van der Waals surface area contributed by atoms with Crippen molar-refractivity contribution in [3.05, 3.63) is 46.4 Å². The van der Waals surface area contributed by atoms with E-state index in [0.29, 0.717) is 12.0 Å². The Morgan fingerprint density at radius 2 is 1.95 bits per heavy atom. The first kappa shape index (κ1) is 15.0. The van der Waals surface area contributed by atoms with E-state index in [2.05, 4.69) is 21.2 Å². The van der Waals surface area contributed by atoms with Crippen molar-refractivity contribution in [2.45, 2.75) is 25.8 Å². The largest absolute Gasteiger partial charge is 0.396 e. The number of hydrogen-bond acceptors (Lipinski definition) is 2. The standard InChI is InChI=1S/C16H18BrNO2/c1-11(3-2-8-19)18-16(20)14-5-4-13-10-15(17)7-6-12(13)9-14/h4-7,9-11,19H,2-3,8H2,1H3,(H,18,20)/t11-/m1/s1. The Balaban J connectivity index is 2.12. The second-order valence-corrected chi connectivity index (χ2v) is 5.86. The number of benzene rings is 2. The summed E-state index contributed by atoms with van der Waals surface area (Å²) in [6, 6.07) is 11.7. The van der Waals surface area contributed by atoms with Crippen LogP contribution in [0.3, 0.4) is 0 Å². The van der Waals surface area contributed by atoms with E-state index >= 15 is 0 Å². The number of carbonyl (C=O) groups is 1. The molecule has 0 aliphatic carbocycles. The van der Waals surface area contributed by atoms with Crippen LogP contribution in [0.2, 0.25) is 0 Å². The Morgan fingerprint density at radius 3 is 2.70 bits per heavy atom. The van der Waals surface area contributed by atoms with Gasteiger partial charge in [-0.1, -0.05) is 28.1 Å². The van der Waals surface area contributed by atoms with Gasteiger partial charge in [0, 0.05) is 22.7 Å². The molecule has 2 aromatic rings. The molecular formula is C16H18BrNO2. The smallest absolute Gasteiger partial charge is 0.251 e. The van der Waals surface area contributed by atoms with Gasteiger partial charge in [-0.15, -0.1) is 0 Å². The third-order valence-electron chi connectivity index (χ3n) is 3.24. The summed E-state index contributed by atoms with van der Waals surface area (Å²) in [6.45, 7) is 2.11. The summed E-state index contributed by atoms with van der Waals surface area (Å²) in [4.78, 5) is 12.1. The fourth-order valence-corrected chi connectivity index (χ4v) is 2.51. The number of carbonyl (C=O) groups excluding carboxylic acids is 1. The number of nitrogens with one attached hydrogen (secondary N) is 1. The lowest BCUT2D eigenvalue weighted by Crippen LogP contribution is -2.32. The van der Waals surface area contributed by atoms with Crippen molar-refractivity contribution >= 4 is 32.6 Å². The van der Waals surface area contributed by atoms with Crippen molar-refractivity contribution in [3.63, 3.8) is 0 Å². The fraction of sp³-hybridized carbons (Fsp3) is 0.312. The van der Waals surface area contributed by atoms with E-state index in [0.717, 1.165) is 21.7 Å². The Labute approximate surface area is 127 Å². The summed E-state index contributed by atoms with van der Waals surface area (Å²) in [5, 5.41) is 13.9. The van der Waals surface area contributed by atoms with Crippen molar-refractivity contribution in [1.82, 2.24) is 5.32 Å². The molecule has 0 aromatic heterocycles. The first-order valence-corrected chi connectivity index (χ1v) is 7.50. The summed E-state index contributed by atoms with van der Waals surface area (Å²) < 4.78 is 1.03. The molecule has 4 heteroatoms. The van der Waals surface area contributed by atoms with E-state index in [1.807, 2.05) is 43.3 Å². The maximum absolute atomic E-state index is 12.1. The minimum absolute atomic E-state index is 0.0651. The molecule has 0 saturated carbocycles. The van der Waals surface area contributed by atoms with Crippen LogP contribution in [0.25, 0.3) is 10.8 Å². The Hall–Kier alpha value is -1.39. The van der Waals surface area contributed by atoms with Crippen molar-refractivity contribution in [3.8, 4) is 0 Å². The third-order valence-corrected chi connectivity index (χ3v) is 3.73. The van der Waals surface area contributed by atoms with E-state index in [1.165, 1.54) is 0 Å². The summed E-state index contributed by atoms with van der Waals surface area (Å²) >= 11 is 3.44. The quantitative estimate of drug-likeness (QED) is 0.878. The first-order valence-electron chi connectivity index (χ1n) is 6.71. The van der Waals surface area contributed by atoms with Gasteiger partial charge in [0.2, 0.25) is 0 Å². The van der Waals surface area contributed by atoms with Gasteiger partial charge in [0.05, 0.1) is 0 Å². The number of aliphatic hydroxyl groups is 1. The first-order chi connectivity index (χ1) is 9.60. The van der Waals surface area contributed by atoms with Crippen LogP contribution in [-0.2, 0) is 0 Å². The number of amides is 1. The van der Waals surface area contributed by atoms with E-state index in [9.17, 15) is 4.79 Å². The predicted octanol–water partition coefficient (Wildman–Crippen LogP) is 3.49. The van der Waals surface area contributed by atoms with Gasteiger partial charge in [0.15, 0.2) is 0 Å². The molecule has 0 heterocycles. The second kappa shape index (κ2) is 6.86. The molecule has 2 aromatic carbocycles. The molecule has 3 nitrogen and oxygen atoms in total. The molecule has 106 valence electrons. The molecule has 2 N–H and O–H groups in total. The van der Waals surface area contributed by atoms with Crippen molar-refractivity contribution < 1.29 is 9.90 Å². The summed E-state index contributed by atoms with van der Waals surface area (Å²) in [5.74, 6) is -0.0692. The molecular weight excluding hydrogens is 318 g/mol. The zero-order valence-corrected chi connectivity index (χ0v) is 13.0. The third kappa shape index (κ3) is 3.81. The Bertz CT molecular complexity index is 612. The number of aliphatic hydroxyl groups excluding tert-OH is 1. The number of halogens is 1. The van der Waals surface area contributed by atoms with Gasteiger partial charge >= 0.3 is 0 Å². The maximum Gasteiger partial charge on any atom is 0.251 e. The molecule has 0 fully saturated rings. The zero-order chi connectivity index (χ0) is 14.5. The zero-order valence-electron chi connectivity index (χ0n) is 11.4. The van der Waals surface area contributed by atoms with Crippen LogP contribution in [-0.4, -0.2) is 23.7 Å². The van der Waals surface area contributed by atoms with Crippen molar-refractivity contribution in [2.75, 3.05) is 6.61 Å². The van der Waals surface area contributed by atoms with E-state index in [4.69, 9.17) is 5.11 Å². The number of fused-ring (bicyclic) bond motifs is 1. The van der Waals surface area contributed by atoms with Crippen LogP contribution in [0.15, 0.2) is 40.9 Å². The van der Waals surface area contributed by atoms with Crippen LogP contribution in [0.4, 0.5) is 0 Å². The molecule has 0 saturated heterocycles. The second-order valence-electron chi connectivity index (χ2n) is 4.95. The van der Waals surface area contributed by atoms with Crippen LogP contribution in [0.1, 0.15) is 30.1 Å². The minimum atomic E-state index is -0.0692. The highest BCUT2D eigenvalue weighted by Crippen LogP contribution is 2.21. The number of hydrogen-bond donors (Lipinski definition) is 2. The predicted molar refractivity (Wildman–Crippen MR) is 84.9 cm³/mol. The fourth-order valence-electron chi connectivity index (χ4n) is 2.13. The van der Waals surface area contributed by atoms with Gasteiger partial charge in [0.25, 0.3) is 5.91 Å². The lowest BCUT2D eigenvalue weighted by Gasteiger charge is -2.13. The summed E-state index contributed by atoms with van der Waals surface area (Å²) in [6.07, 6.45) is 1.48. The molecule has 1 amide bonds. The van der Waals surface area contributed by atoms with E-state index in [1.54, 1.807) is 0 Å². The Morgan fingerprint density at radius 1 is 1.25 bits per heavy atom. The molecule has 0 radical (unpaired) electrons. The number of rotatable bonds is 5. The highest BCUT2D eigenvalue weighted by Gasteiger charge is 2.10. The molecule has 0 aliphatic heterocycles. The average Bonchev–Trinajstić information content (AvgIpc) is 2.44. The minimum Gasteiger partial charge on any atom is -0.396 e. The molecule has 2 rings (SSSR count). The van der Waals surface area contributed by atoms with Crippen molar-refractivity contribution in [1.29, 1.82) is 0 Å². The maximum atomic E-state index is 12.1. The van der Waals surface area contributed by atoms with E-state index in [-0.39, 0.29) is 18.6 Å². The molecule has 0 aliphatic rings. The van der Waals surface area contributed by atoms with Crippen LogP contribution in [0, 0.1) is 0 Å². The lowest BCUT2D eigenvalue weighted by molar-refractivity contribution is 0.0936. The van der Waals surface area contributed by atoms with E-state index < -0.39 is 0 Å². The van der Waals surface area contributed by atoms with Gasteiger partial charge in [-0.25, -0.2) is 0 Å². The topological polar surface area (TPSA) is 49.3 Å². The van der Waals surface area contributed by atoms with Gasteiger partial charge in [-0.3, -0.25) is 4.79 Å². The summed E-state index contributed by atoms with van der Waals surface area (Å²) in [5.41, 5.74) is 0.663. The van der Waals surface area contributed by atoms with Gasteiger partial charge in [-0.05, 0) is 54.8 Å². The average molecular weight is 336 g/mol. The van der Waals surface area contributed by atoms with Crippen LogP contribution in [0.5, 0.6) is 0 Å². The monoisotopic (exact) mass is 335 g/mol. The lowest BCUT2D eigenvalue weighted by atomic mass is 10.1. The highest BCUT2D eigenvalue weighted by atomic mass is 79.9. The van der Waals surface area contributed by atoms with Crippen molar-refractivity contribution in [2.24, 2.45) is 0 Å². The van der Waals surface area contributed by atoms with Gasteiger partial charge < -0.3 is 10.4 Å². The molecule has 1 atom stereocenters. The van der Waals surface area contributed by atoms with Crippen LogP contribution >= 0.6 is 15.9 Å². The highest BCUT2D eigenvalue weighted by molar-refractivity contribution is 9.10. The Kier molecular flexibility index (Phi) is 5.15.